The third-order valence-electron chi connectivity index (χ3n) is 1.48. The average Bonchev–Trinajstić information content (AvgIpc) is 1.67. The molecule has 0 unspecified atom stereocenters. The third-order valence-corrected chi connectivity index (χ3v) is 1.98. The van der Waals surface area contributed by atoms with Gasteiger partial charge in [-0.3, -0.25) is 0 Å². The van der Waals surface area contributed by atoms with Gasteiger partial charge in [0.05, 0.1) is 0 Å². The molecule has 1 nitrogen and oxygen atoms in total. The van der Waals surface area contributed by atoms with Crippen molar-refractivity contribution in [3.8, 4) is 0 Å². The Hall–Kier alpha value is 0.177. The van der Waals surface area contributed by atoms with Crippen molar-refractivity contribution < 1.29 is 0 Å². The molecule has 2 N–H and O–H groups in total. The Balaban J connectivity index is 3.37. The van der Waals surface area contributed by atoms with E-state index in [0.717, 1.165) is 6.54 Å². The van der Waals surface area contributed by atoms with Crippen LogP contribution in [-0.4, -0.2) is 16.8 Å². The predicted octanol–water partition coefficient (Wildman–Crippen LogP) is 0.145. The Morgan fingerprint density at radius 2 is 2.00 bits per heavy atom. The Morgan fingerprint density at radius 1 is 1.50 bits per heavy atom. The van der Waals surface area contributed by atoms with Crippen molar-refractivity contribution in [2.75, 3.05) is 6.54 Å². The molecule has 0 saturated carbocycles. The normalized spacial score (nSPS) is 12.4. The maximum Gasteiger partial charge on any atom is 0.00282 e. The Morgan fingerprint density at radius 3 is 2.12 bits per heavy atom. The topological polar surface area (TPSA) is 26.0 Å². The second-order valence-electron chi connectivity index (χ2n) is 3.12. The van der Waals surface area contributed by atoms with Crippen molar-refractivity contribution in [3.63, 3.8) is 0 Å². The molecule has 0 saturated heterocycles. The first-order valence-electron chi connectivity index (χ1n) is 3.32. The maximum absolute atomic E-state index is 5.51. The summed E-state index contributed by atoms with van der Waals surface area (Å²) in [5, 5.41) is 0. The maximum atomic E-state index is 5.51. The van der Waals surface area contributed by atoms with Crippen molar-refractivity contribution in [1.29, 1.82) is 0 Å². The zero-order valence-electron chi connectivity index (χ0n) is 6.20. The fourth-order valence-corrected chi connectivity index (χ4v) is 2.13. The van der Waals surface area contributed by atoms with Gasteiger partial charge in [0.2, 0.25) is 0 Å². The lowest BCUT2D eigenvalue weighted by molar-refractivity contribution is 0.365. The van der Waals surface area contributed by atoms with Crippen LogP contribution in [-0.2, 0) is 0 Å². The summed E-state index contributed by atoms with van der Waals surface area (Å²) in [5.74, 6) is 0. The summed E-state index contributed by atoms with van der Waals surface area (Å²) in [5.41, 5.74) is 5.91. The van der Waals surface area contributed by atoms with Crippen LogP contribution in [0.3, 0.4) is 0 Å². The highest BCUT2D eigenvalue weighted by Crippen LogP contribution is 2.18. The molecule has 0 aromatic carbocycles. The second kappa shape index (κ2) is 3.25. The van der Waals surface area contributed by atoms with Crippen molar-refractivity contribution in [1.82, 2.24) is 0 Å². The van der Waals surface area contributed by atoms with Crippen LogP contribution in [0.25, 0.3) is 0 Å². The first kappa shape index (κ1) is 8.18. The van der Waals surface area contributed by atoms with Crippen LogP contribution in [0.2, 0.25) is 6.04 Å². The van der Waals surface area contributed by atoms with E-state index >= 15 is 0 Å². The molecule has 0 rings (SSSR count). The Kier molecular flexibility index (Phi) is 3.32. The molecule has 0 aromatic heterocycles. The van der Waals surface area contributed by atoms with Gasteiger partial charge >= 0.3 is 0 Å². The summed E-state index contributed by atoms with van der Waals surface area (Å²) >= 11 is 0. The molecule has 0 heterocycles. The number of rotatable bonds is 3. The van der Waals surface area contributed by atoms with E-state index in [-0.39, 0.29) is 0 Å². The van der Waals surface area contributed by atoms with Gasteiger partial charge in [0, 0.05) is 10.2 Å². The second-order valence-corrected chi connectivity index (χ2v) is 4.12. The van der Waals surface area contributed by atoms with E-state index in [9.17, 15) is 0 Å². The van der Waals surface area contributed by atoms with Crippen LogP contribution in [0.5, 0.6) is 0 Å². The van der Waals surface area contributed by atoms with E-state index in [1.54, 1.807) is 0 Å². The number of nitrogens with two attached hydrogens (primary N) is 1. The molecule has 2 heteroatoms. The smallest absolute Gasteiger partial charge is 0.00282 e. The molecular formula is C6H17NSi. The average molecular weight is 131 g/mol. The number of hydrogen-bond acceptors (Lipinski definition) is 1. The van der Waals surface area contributed by atoms with Gasteiger partial charge in [-0.05, 0) is 12.0 Å². The van der Waals surface area contributed by atoms with E-state index in [0.29, 0.717) is 5.41 Å². The summed E-state index contributed by atoms with van der Waals surface area (Å²) in [6.07, 6.45) is 1.30. The first-order chi connectivity index (χ1) is 3.62. The largest absolute Gasteiger partial charge is 0.330 e. The quantitative estimate of drug-likeness (QED) is 0.542. The zero-order valence-corrected chi connectivity index (χ0v) is 8.20. The van der Waals surface area contributed by atoms with E-state index in [2.05, 4.69) is 13.8 Å². The minimum absolute atomic E-state index is 0.405. The van der Waals surface area contributed by atoms with Crippen molar-refractivity contribution in [2.24, 2.45) is 11.1 Å². The van der Waals surface area contributed by atoms with E-state index in [1.165, 1.54) is 22.7 Å². The number of hydrogen-bond donors (Lipinski definition) is 1. The molecule has 0 atom stereocenters. The van der Waals surface area contributed by atoms with E-state index in [1.807, 2.05) is 0 Å². The van der Waals surface area contributed by atoms with Gasteiger partial charge in [-0.2, -0.15) is 0 Å². The Bertz CT molecular complexity index is 61.5. The highest BCUT2D eigenvalue weighted by Gasteiger charge is 2.12. The molecule has 0 fully saturated rings. The summed E-state index contributed by atoms with van der Waals surface area (Å²) in [6.45, 7) is 5.28. The Labute approximate surface area is 55.1 Å². The predicted molar refractivity (Wildman–Crippen MR) is 42.2 cm³/mol. The molecule has 8 heavy (non-hydrogen) atoms. The van der Waals surface area contributed by atoms with Gasteiger partial charge in [-0.1, -0.05) is 26.3 Å². The minimum Gasteiger partial charge on any atom is -0.330 e. The molecule has 0 aliphatic heterocycles. The fourth-order valence-electron chi connectivity index (χ4n) is 0.779. The van der Waals surface area contributed by atoms with Crippen LogP contribution in [0, 0.1) is 5.41 Å². The van der Waals surface area contributed by atoms with Gasteiger partial charge in [0.1, 0.15) is 0 Å². The van der Waals surface area contributed by atoms with Gasteiger partial charge < -0.3 is 5.73 Å². The first-order valence-corrected chi connectivity index (χ1v) is 4.74. The van der Waals surface area contributed by atoms with Crippen LogP contribution in [0.15, 0.2) is 0 Å². The lowest BCUT2D eigenvalue weighted by Gasteiger charge is -2.20. The molecule has 0 aromatic rings. The summed E-state index contributed by atoms with van der Waals surface area (Å²) in [4.78, 5) is 0. The molecular weight excluding hydrogens is 114 g/mol. The molecule has 0 spiro atoms. The monoisotopic (exact) mass is 131 g/mol. The van der Waals surface area contributed by atoms with Gasteiger partial charge in [0.15, 0.2) is 0 Å². The lowest BCUT2D eigenvalue weighted by atomic mass is 9.91. The lowest BCUT2D eigenvalue weighted by Crippen LogP contribution is -2.22. The summed E-state index contributed by atoms with van der Waals surface area (Å²) in [7, 11) is 1.32. The van der Waals surface area contributed by atoms with Crippen LogP contribution < -0.4 is 5.73 Å². The highest BCUT2D eigenvalue weighted by molar-refractivity contribution is 6.08. The van der Waals surface area contributed by atoms with Crippen LogP contribution in [0.4, 0.5) is 0 Å². The van der Waals surface area contributed by atoms with Crippen LogP contribution >= 0.6 is 0 Å². The molecule has 50 valence electrons. The standard InChI is InChI=1S/C6H17NSi/c1-6(2,5-7)3-4-8/h3-5,7H2,1-2,8H3. The SMILES string of the molecule is CC(C)(CN)CC[SiH3]. The van der Waals surface area contributed by atoms with Crippen LogP contribution in [0.1, 0.15) is 20.3 Å². The fraction of sp³-hybridized carbons (Fsp3) is 1.00. The molecule has 0 radical (unpaired) electrons. The molecule has 0 amide bonds. The van der Waals surface area contributed by atoms with Gasteiger partial charge in [-0.15, -0.1) is 0 Å². The van der Waals surface area contributed by atoms with Crippen molar-refractivity contribution in [3.05, 3.63) is 0 Å². The summed E-state index contributed by atoms with van der Waals surface area (Å²) in [6, 6.07) is 1.38. The van der Waals surface area contributed by atoms with E-state index < -0.39 is 0 Å². The summed E-state index contributed by atoms with van der Waals surface area (Å²) < 4.78 is 0. The van der Waals surface area contributed by atoms with Gasteiger partial charge in [-0.25, -0.2) is 0 Å². The van der Waals surface area contributed by atoms with Gasteiger partial charge in [0.25, 0.3) is 0 Å². The third kappa shape index (κ3) is 3.21. The molecule has 0 aliphatic rings. The molecule has 0 bridgehead atoms. The minimum atomic E-state index is 0.405. The van der Waals surface area contributed by atoms with E-state index in [4.69, 9.17) is 5.73 Å². The highest BCUT2D eigenvalue weighted by atomic mass is 28.1. The molecule has 0 aliphatic carbocycles. The van der Waals surface area contributed by atoms with Crippen molar-refractivity contribution in [2.45, 2.75) is 26.3 Å². The van der Waals surface area contributed by atoms with Crippen molar-refractivity contribution >= 4 is 10.2 Å². The zero-order chi connectivity index (χ0) is 6.62.